The van der Waals surface area contributed by atoms with Gasteiger partial charge in [-0.1, -0.05) is 12.1 Å². The van der Waals surface area contributed by atoms with Crippen molar-refractivity contribution in [1.29, 1.82) is 0 Å². The average molecular weight is 443 g/mol. The van der Waals surface area contributed by atoms with Crippen molar-refractivity contribution in [2.45, 2.75) is 25.4 Å². The number of carbonyl (C=O) groups excluding carboxylic acids is 1. The molecule has 2 fully saturated rings. The summed E-state index contributed by atoms with van der Waals surface area (Å²) in [7, 11) is 1.88. The van der Waals surface area contributed by atoms with Gasteiger partial charge in [0.25, 0.3) is 0 Å². The second-order valence-electron chi connectivity index (χ2n) is 8.95. The van der Waals surface area contributed by atoms with Crippen LogP contribution in [0.3, 0.4) is 0 Å². The van der Waals surface area contributed by atoms with Gasteiger partial charge in [-0.3, -0.25) is 24.3 Å². The minimum absolute atomic E-state index is 0.166. The number of benzene rings is 1. The third kappa shape index (κ3) is 5.21. The molecule has 1 N–H and O–H groups in total. The number of pyridine rings is 1. The van der Waals surface area contributed by atoms with Gasteiger partial charge in [-0.25, -0.2) is 0 Å². The molecule has 1 atom stereocenters. The molecule has 2 aliphatic heterocycles. The molecule has 2 saturated heterocycles. The molecule has 33 heavy (non-hydrogen) atoms. The van der Waals surface area contributed by atoms with Gasteiger partial charge >= 0.3 is 0 Å². The normalized spacial score (nSPS) is 19.1. The van der Waals surface area contributed by atoms with Gasteiger partial charge in [-0.2, -0.15) is 5.10 Å². The summed E-state index contributed by atoms with van der Waals surface area (Å²) < 4.78 is 1.76. The minimum atomic E-state index is -0.166. The number of piperazine rings is 1. The van der Waals surface area contributed by atoms with Crippen molar-refractivity contribution >= 4 is 17.7 Å². The minimum Gasteiger partial charge on any atom is -0.323 e. The quantitative estimate of drug-likeness (QED) is 0.593. The fourth-order valence-electron chi connectivity index (χ4n) is 4.86. The summed E-state index contributed by atoms with van der Waals surface area (Å²) in [5.74, 6) is -0.166. The van der Waals surface area contributed by atoms with E-state index in [0.717, 1.165) is 41.5 Å². The first-order chi connectivity index (χ1) is 16.1. The molecule has 0 saturated carbocycles. The molecule has 7 heteroatoms. The molecule has 5 rings (SSSR count). The lowest BCUT2D eigenvalue weighted by molar-refractivity contribution is -0.111. The summed E-state index contributed by atoms with van der Waals surface area (Å²) in [5.41, 5.74) is 4.94. The Morgan fingerprint density at radius 1 is 1.15 bits per heavy atom. The van der Waals surface area contributed by atoms with Crippen molar-refractivity contribution < 1.29 is 4.79 Å². The number of nitrogens with zero attached hydrogens (tertiary/aromatic N) is 5. The first kappa shape index (κ1) is 21.6. The van der Waals surface area contributed by atoms with Crippen LogP contribution in [-0.2, 0) is 18.4 Å². The number of amides is 1. The molecule has 0 radical (unpaired) electrons. The van der Waals surface area contributed by atoms with E-state index >= 15 is 0 Å². The van der Waals surface area contributed by atoms with Crippen LogP contribution in [-0.4, -0.2) is 62.7 Å². The van der Waals surface area contributed by atoms with Crippen LogP contribution >= 0.6 is 0 Å². The SMILES string of the molecule is Cn1cc(-c2ccncc2C=CC(=O)Nc2ccc(CN3CCN4CCCC4C3)cc2)cn1. The fraction of sp³-hybridized carbons (Fsp3) is 0.346. The van der Waals surface area contributed by atoms with Crippen LogP contribution in [0.25, 0.3) is 17.2 Å². The first-order valence-electron chi connectivity index (χ1n) is 11.6. The number of aromatic nitrogens is 3. The molecular formula is C26H30N6O. The number of rotatable bonds is 6. The fourth-order valence-corrected chi connectivity index (χ4v) is 4.86. The van der Waals surface area contributed by atoms with Gasteiger partial charge in [-0.15, -0.1) is 0 Å². The van der Waals surface area contributed by atoms with Gasteiger partial charge in [-0.05, 0) is 54.8 Å². The van der Waals surface area contributed by atoms with E-state index in [2.05, 4.69) is 37.3 Å². The molecule has 170 valence electrons. The Morgan fingerprint density at radius 2 is 2.03 bits per heavy atom. The van der Waals surface area contributed by atoms with Crippen LogP contribution in [0.1, 0.15) is 24.0 Å². The van der Waals surface area contributed by atoms with Gasteiger partial charge in [0.05, 0.1) is 6.20 Å². The van der Waals surface area contributed by atoms with Gasteiger partial charge in [0, 0.05) is 80.7 Å². The summed E-state index contributed by atoms with van der Waals surface area (Å²) in [6, 6.07) is 10.9. The zero-order valence-electron chi connectivity index (χ0n) is 19.0. The number of hydrogen-bond acceptors (Lipinski definition) is 5. The molecule has 0 bridgehead atoms. The zero-order valence-corrected chi connectivity index (χ0v) is 19.0. The van der Waals surface area contributed by atoms with Gasteiger partial charge in [0.2, 0.25) is 5.91 Å². The second kappa shape index (κ2) is 9.68. The van der Waals surface area contributed by atoms with E-state index in [1.807, 2.05) is 37.6 Å². The highest BCUT2D eigenvalue weighted by atomic mass is 16.1. The summed E-state index contributed by atoms with van der Waals surface area (Å²) in [6.45, 7) is 5.72. The standard InChI is InChI=1S/C26H30N6O/c1-30-18-22(16-28-30)25-10-11-27-15-21(25)6-9-26(33)29-23-7-4-20(5-8-23)17-31-13-14-32-12-2-3-24(32)19-31/h4-11,15-16,18,24H,2-3,12-14,17,19H2,1H3,(H,29,33). The number of aryl methyl sites for hydroxylation is 1. The maximum absolute atomic E-state index is 12.5. The van der Waals surface area contributed by atoms with Crippen molar-refractivity contribution in [3.05, 3.63) is 72.3 Å². The van der Waals surface area contributed by atoms with Crippen LogP contribution in [0.2, 0.25) is 0 Å². The zero-order chi connectivity index (χ0) is 22.6. The topological polar surface area (TPSA) is 66.3 Å². The first-order valence-corrected chi connectivity index (χ1v) is 11.6. The summed E-state index contributed by atoms with van der Waals surface area (Å²) in [5, 5.41) is 7.18. The second-order valence-corrected chi connectivity index (χ2v) is 8.95. The highest BCUT2D eigenvalue weighted by Gasteiger charge is 2.30. The van der Waals surface area contributed by atoms with E-state index in [1.165, 1.54) is 38.0 Å². The van der Waals surface area contributed by atoms with Crippen molar-refractivity contribution in [3.63, 3.8) is 0 Å². The van der Waals surface area contributed by atoms with Crippen LogP contribution in [0.15, 0.2) is 61.2 Å². The molecule has 2 aliphatic rings. The van der Waals surface area contributed by atoms with E-state index in [1.54, 1.807) is 29.2 Å². The lowest BCUT2D eigenvalue weighted by atomic mass is 10.0. The van der Waals surface area contributed by atoms with E-state index in [4.69, 9.17) is 0 Å². The summed E-state index contributed by atoms with van der Waals surface area (Å²) >= 11 is 0. The smallest absolute Gasteiger partial charge is 0.248 e. The van der Waals surface area contributed by atoms with Crippen molar-refractivity contribution in [1.82, 2.24) is 24.6 Å². The Morgan fingerprint density at radius 3 is 2.85 bits per heavy atom. The monoisotopic (exact) mass is 442 g/mol. The lowest BCUT2D eigenvalue weighted by Gasteiger charge is -2.37. The van der Waals surface area contributed by atoms with E-state index in [9.17, 15) is 4.79 Å². The molecule has 1 aromatic carbocycles. The Balaban J connectivity index is 1.17. The van der Waals surface area contributed by atoms with Gasteiger partial charge in [0.1, 0.15) is 0 Å². The molecule has 0 spiro atoms. The molecule has 7 nitrogen and oxygen atoms in total. The van der Waals surface area contributed by atoms with Crippen LogP contribution < -0.4 is 5.32 Å². The maximum Gasteiger partial charge on any atom is 0.248 e. The lowest BCUT2D eigenvalue weighted by Crippen LogP contribution is -2.49. The Kier molecular flexibility index (Phi) is 6.32. The third-order valence-electron chi connectivity index (χ3n) is 6.58. The van der Waals surface area contributed by atoms with E-state index < -0.39 is 0 Å². The van der Waals surface area contributed by atoms with Crippen molar-refractivity contribution in [2.75, 3.05) is 31.5 Å². The molecule has 4 heterocycles. The molecule has 1 amide bonds. The maximum atomic E-state index is 12.5. The van der Waals surface area contributed by atoms with Crippen LogP contribution in [0, 0.1) is 0 Å². The predicted octanol–water partition coefficient (Wildman–Crippen LogP) is 3.41. The summed E-state index contributed by atoms with van der Waals surface area (Å²) in [4.78, 5) is 21.9. The van der Waals surface area contributed by atoms with Gasteiger partial charge in [0.15, 0.2) is 0 Å². The average Bonchev–Trinajstić information content (AvgIpc) is 3.48. The van der Waals surface area contributed by atoms with E-state index in [-0.39, 0.29) is 5.91 Å². The molecule has 3 aromatic rings. The van der Waals surface area contributed by atoms with Crippen molar-refractivity contribution in [2.24, 2.45) is 7.05 Å². The molecular weight excluding hydrogens is 412 g/mol. The molecule has 0 aliphatic carbocycles. The number of carbonyl (C=O) groups is 1. The molecule has 1 unspecified atom stereocenters. The Bertz CT molecular complexity index is 1140. The third-order valence-corrected chi connectivity index (χ3v) is 6.58. The summed E-state index contributed by atoms with van der Waals surface area (Å²) in [6.07, 6.45) is 13.3. The largest absolute Gasteiger partial charge is 0.323 e. The Hall–Kier alpha value is -3.29. The Labute approximate surface area is 194 Å². The molecule has 2 aromatic heterocycles. The number of anilines is 1. The number of hydrogen-bond donors (Lipinski definition) is 1. The van der Waals surface area contributed by atoms with Crippen LogP contribution in [0.5, 0.6) is 0 Å². The van der Waals surface area contributed by atoms with Gasteiger partial charge < -0.3 is 5.32 Å². The van der Waals surface area contributed by atoms with E-state index in [0.29, 0.717) is 0 Å². The predicted molar refractivity (Wildman–Crippen MR) is 130 cm³/mol. The van der Waals surface area contributed by atoms with Crippen molar-refractivity contribution in [3.8, 4) is 11.1 Å². The highest BCUT2D eigenvalue weighted by molar-refractivity contribution is 6.02. The van der Waals surface area contributed by atoms with Crippen LogP contribution in [0.4, 0.5) is 5.69 Å². The number of nitrogens with one attached hydrogen (secondary N) is 1. The number of fused-ring (bicyclic) bond motifs is 1. The highest BCUT2D eigenvalue weighted by Crippen LogP contribution is 2.24.